The Bertz CT molecular complexity index is 399. The number of aromatic hydroxyl groups is 2. The van der Waals surface area contributed by atoms with Crippen LogP contribution in [-0.4, -0.2) is 10.2 Å². The zero-order valence-electron chi connectivity index (χ0n) is 5.94. The molecule has 0 spiro atoms. The molecule has 12 heavy (non-hydrogen) atoms. The van der Waals surface area contributed by atoms with Gasteiger partial charge in [0.1, 0.15) is 23.5 Å². The summed E-state index contributed by atoms with van der Waals surface area (Å²) < 4.78 is 0. The Kier molecular flexibility index (Phi) is 1.85. The molecular weight excluding hydrogens is 156 g/mol. The van der Waals surface area contributed by atoms with E-state index in [1.54, 1.807) is 12.1 Å². The van der Waals surface area contributed by atoms with Crippen LogP contribution in [0, 0.1) is 22.7 Å². The first-order valence-electron chi connectivity index (χ1n) is 3.06. The second-order valence-corrected chi connectivity index (χ2v) is 2.08. The minimum absolute atomic E-state index is 0.0237. The van der Waals surface area contributed by atoms with Gasteiger partial charge in [-0.2, -0.15) is 10.5 Å². The van der Waals surface area contributed by atoms with E-state index in [9.17, 15) is 0 Å². The van der Waals surface area contributed by atoms with Gasteiger partial charge >= 0.3 is 0 Å². The molecule has 0 bridgehead atoms. The van der Waals surface area contributed by atoms with Crippen LogP contribution in [0.25, 0.3) is 0 Å². The van der Waals surface area contributed by atoms with Gasteiger partial charge in [0, 0.05) is 0 Å². The predicted molar refractivity (Wildman–Crippen MR) is 39.2 cm³/mol. The van der Waals surface area contributed by atoms with Crippen molar-refractivity contribution < 1.29 is 10.2 Å². The molecule has 0 amide bonds. The van der Waals surface area contributed by atoms with E-state index < -0.39 is 5.75 Å². The van der Waals surface area contributed by atoms with Gasteiger partial charge in [0.25, 0.3) is 0 Å². The van der Waals surface area contributed by atoms with E-state index in [0.29, 0.717) is 0 Å². The summed E-state index contributed by atoms with van der Waals surface area (Å²) in [5.74, 6) is -0.797. The summed E-state index contributed by atoms with van der Waals surface area (Å²) in [6, 6.07) is 5.70. The average Bonchev–Trinajstić information content (AvgIpc) is 2.06. The number of hydrogen-bond acceptors (Lipinski definition) is 4. The lowest BCUT2D eigenvalue weighted by atomic mass is 10.1. The lowest BCUT2D eigenvalue weighted by Crippen LogP contribution is -1.82. The third kappa shape index (κ3) is 1.02. The standard InChI is InChI=1S/C8H4N2O2/c9-3-5-1-2-7(11)6(4-10)8(5)12/h1-2,11-12H. The Hall–Kier alpha value is -2.20. The van der Waals surface area contributed by atoms with Crippen LogP contribution in [0.15, 0.2) is 12.1 Å². The maximum atomic E-state index is 9.16. The molecule has 1 aromatic rings. The fourth-order valence-corrected chi connectivity index (χ4v) is 0.781. The van der Waals surface area contributed by atoms with Gasteiger partial charge in [-0.05, 0) is 12.1 Å². The number of benzene rings is 1. The zero-order chi connectivity index (χ0) is 9.14. The summed E-state index contributed by atoms with van der Waals surface area (Å²) in [6.07, 6.45) is 0. The fraction of sp³-hybridized carbons (Fsp3) is 0. The molecule has 1 aromatic carbocycles. The van der Waals surface area contributed by atoms with Crippen molar-refractivity contribution in [2.45, 2.75) is 0 Å². The Labute approximate surface area is 68.5 Å². The molecule has 0 aliphatic rings. The van der Waals surface area contributed by atoms with Crippen LogP contribution in [0.3, 0.4) is 0 Å². The van der Waals surface area contributed by atoms with E-state index in [4.69, 9.17) is 20.7 Å². The lowest BCUT2D eigenvalue weighted by molar-refractivity contribution is 0.446. The second kappa shape index (κ2) is 2.81. The van der Waals surface area contributed by atoms with Crippen molar-refractivity contribution in [3.8, 4) is 23.6 Å². The summed E-state index contributed by atoms with van der Waals surface area (Å²) in [7, 11) is 0. The molecular formula is C8H4N2O2. The molecule has 0 fully saturated rings. The Balaban J connectivity index is 3.50. The van der Waals surface area contributed by atoms with Crippen LogP contribution in [-0.2, 0) is 0 Å². The second-order valence-electron chi connectivity index (χ2n) is 2.08. The fourth-order valence-electron chi connectivity index (χ4n) is 0.781. The maximum Gasteiger partial charge on any atom is 0.154 e. The SMILES string of the molecule is N#Cc1ccc(O)c(C#N)c1O. The lowest BCUT2D eigenvalue weighted by Gasteiger charge is -1.99. The third-order valence-electron chi connectivity index (χ3n) is 1.39. The topological polar surface area (TPSA) is 88.0 Å². The molecule has 0 heterocycles. The normalized spacial score (nSPS) is 8.50. The molecule has 0 aromatic heterocycles. The van der Waals surface area contributed by atoms with E-state index >= 15 is 0 Å². The van der Waals surface area contributed by atoms with E-state index in [0.717, 1.165) is 0 Å². The summed E-state index contributed by atoms with van der Waals surface area (Å²) in [5.41, 5.74) is -0.293. The predicted octanol–water partition coefficient (Wildman–Crippen LogP) is 0.841. The van der Waals surface area contributed by atoms with Crippen molar-refractivity contribution in [3.05, 3.63) is 23.3 Å². The largest absolute Gasteiger partial charge is 0.506 e. The number of nitriles is 2. The van der Waals surface area contributed by atoms with Gasteiger partial charge in [-0.1, -0.05) is 0 Å². The zero-order valence-corrected chi connectivity index (χ0v) is 5.94. The number of nitrogens with zero attached hydrogens (tertiary/aromatic N) is 2. The molecule has 0 atom stereocenters. The first kappa shape index (κ1) is 7.90. The van der Waals surface area contributed by atoms with Gasteiger partial charge < -0.3 is 10.2 Å². The van der Waals surface area contributed by atoms with Crippen LogP contribution in [0.5, 0.6) is 11.5 Å². The Morgan fingerprint density at radius 1 is 1.08 bits per heavy atom. The minimum Gasteiger partial charge on any atom is -0.506 e. The van der Waals surface area contributed by atoms with Gasteiger partial charge in [-0.25, -0.2) is 0 Å². The van der Waals surface area contributed by atoms with Gasteiger partial charge in [-0.15, -0.1) is 0 Å². The van der Waals surface area contributed by atoms with E-state index in [-0.39, 0.29) is 16.9 Å². The maximum absolute atomic E-state index is 9.16. The first-order valence-corrected chi connectivity index (χ1v) is 3.06. The molecule has 0 unspecified atom stereocenters. The molecule has 58 valence electrons. The van der Waals surface area contributed by atoms with Gasteiger partial charge in [0.15, 0.2) is 5.75 Å². The van der Waals surface area contributed by atoms with Crippen molar-refractivity contribution in [1.29, 1.82) is 10.5 Å². The average molecular weight is 160 g/mol. The highest BCUT2D eigenvalue weighted by Gasteiger charge is 2.10. The molecule has 0 saturated carbocycles. The van der Waals surface area contributed by atoms with Crippen molar-refractivity contribution in [3.63, 3.8) is 0 Å². The van der Waals surface area contributed by atoms with Crippen molar-refractivity contribution >= 4 is 0 Å². The minimum atomic E-state index is -0.472. The van der Waals surface area contributed by atoms with Crippen molar-refractivity contribution in [2.75, 3.05) is 0 Å². The van der Waals surface area contributed by atoms with E-state index in [1.165, 1.54) is 12.1 Å². The molecule has 1 rings (SSSR count). The molecule has 0 aliphatic heterocycles. The summed E-state index contributed by atoms with van der Waals surface area (Å²) in [5, 5.41) is 35.1. The molecule has 0 radical (unpaired) electrons. The monoisotopic (exact) mass is 160 g/mol. The van der Waals surface area contributed by atoms with Crippen LogP contribution in [0.1, 0.15) is 11.1 Å². The highest BCUT2D eigenvalue weighted by molar-refractivity contribution is 5.58. The number of rotatable bonds is 0. The first-order chi connectivity index (χ1) is 5.70. The molecule has 2 N–H and O–H groups in total. The van der Waals surface area contributed by atoms with Gasteiger partial charge in [0.2, 0.25) is 0 Å². The summed E-state index contributed by atoms with van der Waals surface area (Å²) >= 11 is 0. The number of phenols is 2. The molecule has 0 aliphatic carbocycles. The quantitative estimate of drug-likeness (QED) is 0.588. The third-order valence-corrected chi connectivity index (χ3v) is 1.39. The van der Waals surface area contributed by atoms with Crippen LogP contribution >= 0.6 is 0 Å². The van der Waals surface area contributed by atoms with Gasteiger partial charge in [-0.3, -0.25) is 0 Å². The number of phenolic OH excluding ortho intramolecular Hbond substituents is 2. The Morgan fingerprint density at radius 3 is 2.25 bits per heavy atom. The van der Waals surface area contributed by atoms with E-state index in [1.807, 2.05) is 0 Å². The highest BCUT2D eigenvalue weighted by Crippen LogP contribution is 2.28. The molecule has 4 heteroatoms. The molecule has 0 saturated heterocycles. The molecule has 4 nitrogen and oxygen atoms in total. The van der Waals surface area contributed by atoms with Crippen LogP contribution in [0.2, 0.25) is 0 Å². The number of hydrogen-bond donors (Lipinski definition) is 2. The van der Waals surface area contributed by atoms with Crippen LogP contribution < -0.4 is 0 Å². The Morgan fingerprint density at radius 2 is 1.75 bits per heavy atom. The summed E-state index contributed by atoms with van der Waals surface area (Å²) in [6.45, 7) is 0. The highest BCUT2D eigenvalue weighted by atomic mass is 16.3. The van der Waals surface area contributed by atoms with Crippen LogP contribution in [0.4, 0.5) is 0 Å². The van der Waals surface area contributed by atoms with E-state index in [2.05, 4.69) is 0 Å². The smallest absolute Gasteiger partial charge is 0.154 e. The van der Waals surface area contributed by atoms with Crippen molar-refractivity contribution in [2.24, 2.45) is 0 Å². The van der Waals surface area contributed by atoms with Gasteiger partial charge in [0.05, 0.1) is 5.56 Å². The van der Waals surface area contributed by atoms with Crippen molar-refractivity contribution in [1.82, 2.24) is 0 Å². The summed E-state index contributed by atoms with van der Waals surface area (Å²) in [4.78, 5) is 0.